The zero-order valence-corrected chi connectivity index (χ0v) is 12.3. The fourth-order valence-electron chi connectivity index (χ4n) is 1.63. The molecule has 0 aliphatic rings. The summed E-state index contributed by atoms with van der Waals surface area (Å²) in [6.07, 6.45) is 0.332. The van der Waals surface area contributed by atoms with Crippen molar-refractivity contribution < 1.29 is 19.8 Å². The number of carboxylic acids is 1. The van der Waals surface area contributed by atoms with E-state index in [1.807, 2.05) is 13.8 Å². The van der Waals surface area contributed by atoms with Crippen LogP contribution < -0.4 is 5.32 Å². The number of rotatable bonds is 5. The van der Waals surface area contributed by atoms with Crippen LogP contribution in [0.1, 0.15) is 30.6 Å². The quantitative estimate of drug-likeness (QED) is 0.774. The van der Waals surface area contributed by atoms with Crippen LogP contribution in [0.15, 0.2) is 22.7 Å². The molecule has 1 rings (SSSR count). The summed E-state index contributed by atoms with van der Waals surface area (Å²) >= 11 is 3.17. The van der Waals surface area contributed by atoms with Crippen LogP contribution >= 0.6 is 15.9 Å². The number of amides is 1. The number of phenols is 1. The van der Waals surface area contributed by atoms with Crippen LogP contribution in [0.25, 0.3) is 0 Å². The molecule has 1 aromatic rings. The number of carbonyl (C=O) groups is 2. The van der Waals surface area contributed by atoms with E-state index in [1.54, 1.807) is 6.07 Å². The number of halogens is 1. The molecule has 104 valence electrons. The Bertz CT molecular complexity index is 488. The third-order valence-corrected chi connectivity index (χ3v) is 3.01. The van der Waals surface area contributed by atoms with Crippen molar-refractivity contribution >= 4 is 27.8 Å². The standard InChI is InChI=1S/C13H16BrNO4/c1-7(2)5-10(13(18)19)15-12(17)9-4-3-8(14)6-11(9)16/h3-4,6-7,10,16H,5H2,1-2H3,(H,15,17)(H,18,19)/t10-/m1/s1. The van der Waals surface area contributed by atoms with E-state index in [1.165, 1.54) is 12.1 Å². The number of nitrogens with one attached hydrogen (secondary N) is 1. The molecule has 0 radical (unpaired) electrons. The molecule has 0 aliphatic carbocycles. The number of phenolic OH excluding ortho intramolecular Hbond substituents is 1. The molecule has 1 amide bonds. The van der Waals surface area contributed by atoms with E-state index in [0.29, 0.717) is 10.9 Å². The molecule has 5 nitrogen and oxygen atoms in total. The molecule has 0 heterocycles. The van der Waals surface area contributed by atoms with Crippen LogP contribution in [0.3, 0.4) is 0 Å². The van der Waals surface area contributed by atoms with E-state index < -0.39 is 17.9 Å². The van der Waals surface area contributed by atoms with Gasteiger partial charge in [-0.2, -0.15) is 0 Å². The molecule has 19 heavy (non-hydrogen) atoms. The average Bonchev–Trinajstić information content (AvgIpc) is 2.26. The zero-order valence-electron chi connectivity index (χ0n) is 10.7. The first kappa shape index (κ1) is 15.5. The highest BCUT2D eigenvalue weighted by Gasteiger charge is 2.22. The summed E-state index contributed by atoms with van der Waals surface area (Å²) in [5.74, 6) is -1.74. The third kappa shape index (κ3) is 4.55. The second-order valence-electron chi connectivity index (χ2n) is 4.66. The first-order valence-electron chi connectivity index (χ1n) is 5.83. The number of benzene rings is 1. The minimum absolute atomic E-state index is 0.0539. The summed E-state index contributed by atoms with van der Waals surface area (Å²) in [4.78, 5) is 23.0. The highest BCUT2D eigenvalue weighted by atomic mass is 79.9. The van der Waals surface area contributed by atoms with Gasteiger partial charge in [0.25, 0.3) is 5.91 Å². The second-order valence-corrected chi connectivity index (χ2v) is 5.57. The van der Waals surface area contributed by atoms with Gasteiger partial charge >= 0.3 is 5.97 Å². The lowest BCUT2D eigenvalue weighted by Crippen LogP contribution is -2.41. The van der Waals surface area contributed by atoms with Gasteiger partial charge in [-0.25, -0.2) is 4.79 Å². The third-order valence-electron chi connectivity index (χ3n) is 2.51. The van der Waals surface area contributed by atoms with Crippen LogP contribution in [-0.4, -0.2) is 28.1 Å². The van der Waals surface area contributed by atoms with Crippen molar-refractivity contribution in [1.82, 2.24) is 5.32 Å². The number of aromatic hydroxyl groups is 1. The summed E-state index contributed by atoms with van der Waals surface area (Å²) in [6, 6.07) is 3.46. The van der Waals surface area contributed by atoms with E-state index in [-0.39, 0.29) is 17.2 Å². The molecule has 0 bridgehead atoms. The Balaban J connectivity index is 2.84. The van der Waals surface area contributed by atoms with E-state index in [4.69, 9.17) is 5.11 Å². The molecule has 3 N–H and O–H groups in total. The first-order chi connectivity index (χ1) is 8.81. The second kappa shape index (κ2) is 6.56. The maximum Gasteiger partial charge on any atom is 0.326 e. The van der Waals surface area contributed by atoms with Gasteiger partial charge in [-0.3, -0.25) is 4.79 Å². The zero-order chi connectivity index (χ0) is 14.6. The molecular weight excluding hydrogens is 314 g/mol. The lowest BCUT2D eigenvalue weighted by Gasteiger charge is -2.16. The Morgan fingerprint density at radius 3 is 2.47 bits per heavy atom. The van der Waals surface area contributed by atoms with Gasteiger partial charge in [0, 0.05) is 4.47 Å². The van der Waals surface area contributed by atoms with Crippen molar-refractivity contribution in [3.8, 4) is 5.75 Å². The topological polar surface area (TPSA) is 86.6 Å². The van der Waals surface area contributed by atoms with E-state index >= 15 is 0 Å². The Morgan fingerprint density at radius 1 is 1.37 bits per heavy atom. The van der Waals surface area contributed by atoms with Gasteiger partial charge in [0.05, 0.1) is 5.56 Å². The van der Waals surface area contributed by atoms with Gasteiger partial charge in [-0.15, -0.1) is 0 Å². The predicted octanol–water partition coefficient (Wildman–Crippen LogP) is 2.38. The minimum atomic E-state index is -1.08. The maximum absolute atomic E-state index is 11.9. The summed E-state index contributed by atoms with van der Waals surface area (Å²) in [6.45, 7) is 3.75. The van der Waals surface area contributed by atoms with E-state index in [0.717, 1.165) is 0 Å². The van der Waals surface area contributed by atoms with Gasteiger partial charge in [0.15, 0.2) is 0 Å². The Hall–Kier alpha value is -1.56. The molecular formula is C13H16BrNO4. The summed E-state index contributed by atoms with van der Waals surface area (Å²) in [5.41, 5.74) is 0.0539. The SMILES string of the molecule is CC(C)C[C@@H](NC(=O)c1ccc(Br)cc1O)C(=O)O. The summed E-state index contributed by atoms with van der Waals surface area (Å²) in [7, 11) is 0. The Morgan fingerprint density at radius 2 is 2.00 bits per heavy atom. The highest BCUT2D eigenvalue weighted by molar-refractivity contribution is 9.10. The van der Waals surface area contributed by atoms with Crippen LogP contribution in [0, 0.1) is 5.92 Å². The van der Waals surface area contributed by atoms with E-state index in [2.05, 4.69) is 21.2 Å². The number of carbonyl (C=O) groups excluding carboxylic acids is 1. The van der Waals surface area contributed by atoms with Crippen molar-refractivity contribution in [2.24, 2.45) is 5.92 Å². The molecule has 0 saturated heterocycles. The molecule has 1 atom stereocenters. The highest BCUT2D eigenvalue weighted by Crippen LogP contribution is 2.22. The fourth-order valence-corrected chi connectivity index (χ4v) is 1.97. The van der Waals surface area contributed by atoms with Gasteiger partial charge < -0.3 is 15.5 Å². The monoisotopic (exact) mass is 329 g/mol. The number of carboxylic acid groups (broad SMARTS) is 1. The lowest BCUT2D eigenvalue weighted by atomic mass is 10.0. The largest absolute Gasteiger partial charge is 0.507 e. The van der Waals surface area contributed by atoms with Gasteiger partial charge in [0.2, 0.25) is 0 Å². The summed E-state index contributed by atoms with van der Waals surface area (Å²) < 4.78 is 0.638. The number of aliphatic carboxylic acids is 1. The van der Waals surface area contributed by atoms with Crippen LogP contribution in [0.2, 0.25) is 0 Å². The molecule has 1 aromatic carbocycles. The number of hydrogen-bond acceptors (Lipinski definition) is 3. The van der Waals surface area contributed by atoms with Crippen molar-refractivity contribution in [3.63, 3.8) is 0 Å². The van der Waals surface area contributed by atoms with Crippen molar-refractivity contribution in [2.75, 3.05) is 0 Å². The van der Waals surface area contributed by atoms with Crippen LogP contribution in [-0.2, 0) is 4.79 Å². The molecule has 0 spiro atoms. The van der Waals surface area contributed by atoms with Crippen LogP contribution in [0.4, 0.5) is 0 Å². The molecule has 0 aromatic heterocycles. The van der Waals surface area contributed by atoms with Crippen molar-refractivity contribution in [2.45, 2.75) is 26.3 Å². The maximum atomic E-state index is 11.9. The lowest BCUT2D eigenvalue weighted by molar-refractivity contribution is -0.139. The molecule has 0 saturated carbocycles. The molecule has 0 fully saturated rings. The molecule has 0 unspecified atom stereocenters. The first-order valence-corrected chi connectivity index (χ1v) is 6.62. The summed E-state index contributed by atoms with van der Waals surface area (Å²) in [5, 5.41) is 21.1. The smallest absolute Gasteiger partial charge is 0.326 e. The van der Waals surface area contributed by atoms with E-state index in [9.17, 15) is 14.7 Å². The normalized spacial score (nSPS) is 12.2. The van der Waals surface area contributed by atoms with Crippen molar-refractivity contribution in [3.05, 3.63) is 28.2 Å². The Labute approximate surface area is 119 Å². The minimum Gasteiger partial charge on any atom is -0.507 e. The molecule has 6 heteroatoms. The van der Waals surface area contributed by atoms with Crippen LogP contribution in [0.5, 0.6) is 5.75 Å². The molecule has 0 aliphatic heterocycles. The average molecular weight is 330 g/mol. The van der Waals surface area contributed by atoms with Crippen molar-refractivity contribution in [1.29, 1.82) is 0 Å². The van der Waals surface area contributed by atoms with Gasteiger partial charge in [0.1, 0.15) is 11.8 Å². The van der Waals surface area contributed by atoms with Gasteiger partial charge in [-0.1, -0.05) is 29.8 Å². The fraction of sp³-hybridized carbons (Fsp3) is 0.385. The Kier molecular flexibility index (Phi) is 5.35. The predicted molar refractivity (Wildman–Crippen MR) is 74.2 cm³/mol. The van der Waals surface area contributed by atoms with Gasteiger partial charge in [-0.05, 0) is 30.5 Å². The number of hydrogen-bond donors (Lipinski definition) is 3.